The molecule has 0 aliphatic heterocycles. The molecule has 102 valence electrons. The van der Waals surface area contributed by atoms with Crippen LogP contribution in [0.4, 0.5) is 0 Å². The normalized spacial score (nSPS) is 25.4. The molecule has 0 spiro atoms. The Kier molecular flexibility index (Phi) is 7.87. The number of hydrogen-bond acceptors (Lipinski definition) is 2. The van der Waals surface area contributed by atoms with Crippen LogP contribution in [-0.4, -0.2) is 38.6 Å². The van der Waals surface area contributed by atoms with E-state index in [0.717, 1.165) is 18.4 Å². The SMILES string of the molecule is CCCCC1CCC(CN(C)CCNC)CC1. The van der Waals surface area contributed by atoms with Gasteiger partial charge in [0.2, 0.25) is 0 Å². The molecule has 0 radical (unpaired) electrons. The molecule has 0 unspecified atom stereocenters. The van der Waals surface area contributed by atoms with E-state index >= 15 is 0 Å². The first-order chi connectivity index (χ1) is 8.26. The molecular formula is C15H32N2. The number of rotatable bonds is 8. The van der Waals surface area contributed by atoms with Gasteiger partial charge in [0.05, 0.1) is 0 Å². The molecule has 0 aromatic rings. The molecule has 0 saturated heterocycles. The summed E-state index contributed by atoms with van der Waals surface area (Å²) in [6.45, 7) is 5.92. The van der Waals surface area contributed by atoms with Crippen molar-refractivity contribution >= 4 is 0 Å². The van der Waals surface area contributed by atoms with Crippen molar-refractivity contribution in [3.8, 4) is 0 Å². The zero-order valence-electron chi connectivity index (χ0n) is 12.2. The molecule has 0 bridgehead atoms. The van der Waals surface area contributed by atoms with Crippen LogP contribution in [0.25, 0.3) is 0 Å². The second-order valence-corrected chi connectivity index (χ2v) is 5.89. The van der Waals surface area contributed by atoms with Crippen LogP contribution in [0.1, 0.15) is 51.9 Å². The first-order valence-corrected chi connectivity index (χ1v) is 7.59. The summed E-state index contributed by atoms with van der Waals surface area (Å²) in [7, 11) is 4.30. The Bertz CT molecular complexity index is 174. The van der Waals surface area contributed by atoms with Gasteiger partial charge in [0.25, 0.3) is 0 Å². The number of likely N-dealkylation sites (N-methyl/N-ethyl adjacent to an activating group) is 2. The van der Waals surface area contributed by atoms with Crippen LogP contribution in [0.15, 0.2) is 0 Å². The van der Waals surface area contributed by atoms with E-state index in [9.17, 15) is 0 Å². The fraction of sp³-hybridized carbons (Fsp3) is 1.00. The Hall–Kier alpha value is -0.0800. The second-order valence-electron chi connectivity index (χ2n) is 5.89. The summed E-state index contributed by atoms with van der Waals surface area (Å²) in [6.07, 6.45) is 10.2. The lowest BCUT2D eigenvalue weighted by Crippen LogP contribution is -2.33. The first kappa shape index (κ1) is 15.0. The lowest BCUT2D eigenvalue weighted by atomic mass is 9.79. The number of unbranched alkanes of at least 4 members (excludes halogenated alkanes) is 1. The molecule has 2 heteroatoms. The van der Waals surface area contributed by atoms with E-state index in [4.69, 9.17) is 0 Å². The Balaban J connectivity index is 2.09. The third-order valence-electron chi connectivity index (χ3n) is 4.25. The highest BCUT2D eigenvalue weighted by Gasteiger charge is 2.21. The van der Waals surface area contributed by atoms with Crippen LogP contribution in [0.2, 0.25) is 0 Å². The largest absolute Gasteiger partial charge is 0.318 e. The minimum atomic E-state index is 0.967. The predicted molar refractivity (Wildman–Crippen MR) is 76.4 cm³/mol. The zero-order valence-corrected chi connectivity index (χ0v) is 12.2. The highest BCUT2D eigenvalue weighted by molar-refractivity contribution is 4.74. The summed E-state index contributed by atoms with van der Waals surface area (Å²) < 4.78 is 0. The van der Waals surface area contributed by atoms with Crippen LogP contribution in [0.5, 0.6) is 0 Å². The maximum absolute atomic E-state index is 3.22. The van der Waals surface area contributed by atoms with Crippen LogP contribution in [0, 0.1) is 11.8 Å². The van der Waals surface area contributed by atoms with Gasteiger partial charge < -0.3 is 10.2 Å². The summed E-state index contributed by atoms with van der Waals surface area (Å²) in [5.41, 5.74) is 0. The zero-order chi connectivity index (χ0) is 12.5. The molecule has 0 amide bonds. The van der Waals surface area contributed by atoms with Gasteiger partial charge in [-0.05, 0) is 38.8 Å². The van der Waals surface area contributed by atoms with Crippen LogP contribution in [-0.2, 0) is 0 Å². The lowest BCUT2D eigenvalue weighted by Gasteiger charge is -2.31. The minimum absolute atomic E-state index is 0.967. The van der Waals surface area contributed by atoms with Crippen molar-refractivity contribution in [3.05, 3.63) is 0 Å². The van der Waals surface area contributed by atoms with E-state index in [1.54, 1.807) is 0 Å². The number of hydrogen-bond donors (Lipinski definition) is 1. The molecule has 0 aromatic heterocycles. The Morgan fingerprint density at radius 2 is 1.76 bits per heavy atom. The Morgan fingerprint density at radius 1 is 1.12 bits per heavy atom. The van der Waals surface area contributed by atoms with Crippen molar-refractivity contribution in [2.75, 3.05) is 33.7 Å². The summed E-state index contributed by atoms with van der Waals surface area (Å²) in [5, 5.41) is 3.22. The molecule has 1 rings (SSSR count). The summed E-state index contributed by atoms with van der Waals surface area (Å²) in [4.78, 5) is 2.49. The summed E-state index contributed by atoms with van der Waals surface area (Å²) >= 11 is 0. The third kappa shape index (κ3) is 6.42. The van der Waals surface area contributed by atoms with Crippen LogP contribution in [0.3, 0.4) is 0 Å². The fourth-order valence-electron chi connectivity index (χ4n) is 3.03. The van der Waals surface area contributed by atoms with Crippen molar-refractivity contribution in [2.24, 2.45) is 11.8 Å². The summed E-state index contributed by atoms with van der Waals surface area (Å²) in [5.74, 6) is 2.02. The van der Waals surface area contributed by atoms with Crippen molar-refractivity contribution in [1.82, 2.24) is 10.2 Å². The molecule has 1 saturated carbocycles. The standard InChI is InChI=1S/C15H32N2/c1-4-5-6-14-7-9-15(10-8-14)13-17(3)12-11-16-2/h14-16H,4-13H2,1-3H3. The van der Waals surface area contributed by atoms with Gasteiger partial charge in [-0.25, -0.2) is 0 Å². The smallest absolute Gasteiger partial charge is 0.0104 e. The minimum Gasteiger partial charge on any atom is -0.318 e. The van der Waals surface area contributed by atoms with Crippen LogP contribution >= 0.6 is 0 Å². The van der Waals surface area contributed by atoms with Crippen molar-refractivity contribution in [3.63, 3.8) is 0 Å². The average Bonchev–Trinajstić information content (AvgIpc) is 2.35. The van der Waals surface area contributed by atoms with E-state index in [1.807, 2.05) is 7.05 Å². The van der Waals surface area contributed by atoms with Crippen molar-refractivity contribution in [1.29, 1.82) is 0 Å². The molecule has 1 N–H and O–H groups in total. The van der Waals surface area contributed by atoms with Crippen molar-refractivity contribution in [2.45, 2.75) is 51.9 Å². The van der Waals surface area contributed by atoms with Gasteiger partial charge >= 0.3 is 0 Å². The van der Waals surface area contributed by atoms with Gasteiger partial charge in [0.15, 0.2) is 0 Å². The molecule has 17 heavy (non-hydrogen) atoms. The number of nitrogens with zero attached hydrogens (tertiary/aromatic N) is 1. The highest BCUT2D eigenvalue weighted by atomic mass is 15.1. The Morgan fingerprint density at radius 3 is 2.35 bits per heavy atom. The Labute approximate surface area is 108 Å². The molecule has 0 atom stereocenters. The van der Waals surface area contributed by atoms with E-state index in [1.165, 1.54) is 58.0 Å². The highest BCUT2D eigenvalue weighted by Crippen LogP contribution is 2.32. The summed E-state index contributed by atoms with van der Waals surface area (Å²) in [6, 6.07) is 0. The van der Waals surface area contributed by atoms with Gasteiger partial charge in [0, 0.05) is 19.6 Å². The molecule has 2 nitrogen and oxygen atoms in total. The fourth-order valence-corrected chi connectivity index (χ4v) is 3.03. The molecule has 0 aromatic carbocycles. The van der Waals surface area contributed by atoms with Crippen molar-refractivity contribution < 1.29 is 0 Å². The third-order valence-corrected chi connectivity index (χ3v) is 4.25. The number of nitrogens with one attached hydrogen (secondary N) is 1. The maximum Gasteiger partial charge on any atom is 0.0104 e. The van der Waals surface area contributed by atoms with Gasteiger partial charge in [-0.1, -0.05) is 39.0 Å². The topological polar surface area (TPSA) is 15.3 Å². The van der Waals surface area contributed by atoms with Gasteiger partial charge in [0.1, 0.15) is 0 Å². The van der Waals surface area contributed by atoms with Gasteiger partial charge in [-0.2, -0.15) is 0 Å². The first-order valence-electron chi connectivity index (χ1n) is 7.59. The van der Waals surface area contributed by atoms with Gasteiger partial charge in [-0.15, -0.1) is 0 Å². The molecule has 0 heterocycles. The van der Waals surface area contributed by atoms with E-state index in [0.29, 0.717) is 0 Å². The van der Waals surface area contributed by atoms with E-state index < -0.39 is 0 Å². The van der Waals surface area contributed by atoms with Gasteiger partial charge in [-0.3, -0.25) is 0 Å². The van der Waals surface area contributed by atoms with E-state index in [-0.39, 0.29) is 0 Å². The second kappa shape index (κ2) is 8.93. The molecule has 1 aliphatic carbocycles. The quantitative estimate of drug-likeness (QED) is 0.701. The lowest BCUT2D eigenvalue weighted by molar-refractivity contribution is 0.198. The maximum atomic E-state index is 3.22. The monoisotopic (exact) mass is 240 g/mol. The molecular weight excluding hydrogens is 208 g/mol. The molecule has 1 fully saturated rings. The average molecular weight is 240 g/mol. The van der Waals surface area contributed by atoms with Crippen LogP contribution < -0.4 is 5.32 Å². The van der Waals surface area contributed by atoms with E-state index in [2.05, 4.69) is 24.2 Å². The molecule has 1 aliphatic rings. The predicted octanol–water partition coefficient (Wildman–Crippen LogP) is 3.13.